The summed E-state index contributed by atoms with van der Waals surface area (Å²) in [6.45, 7) is 0.856. The molecule has 0 bridgehead atoms. The summed E-state index contributed by atoms with van der Waals surface area (Å²) >= 11 is 0. The first kappa shape index (κ1) is 12.0. The zero-order valence-electron chi connectivity index (χ0n) is 10.4. The monoisotopic (exact) mass is 278 g/mol. The van der Waals surface area contributed by atoms with Crippen LogP contribution in [-0.4, -0.2) is 24.7 Å². The van der Waals surface area contributed by atoms with E-state index in [1.165, 1.54) is 6.20 Å². The summed E-state index contributed by atoms with van der Waals surface area (Å²) in [4.78, 5) is 0.254. The van der Waals surface area contributed by atoms with Gasteiger partial charge in [0.1, 0.15) is 0 Å². The molecule has 1 aliphatic rings. The summed E-state index contributed by atoms with van der Waals surface area (Å²) in [5.41, 5.74) is 2.50. The van der Waals surface area contributed by atoms with Crippen LogP contribution in [0, 0.1) is 0 Å². The minimum atomic E-state index is -3.56. The molecule has 100 valence electrons. The van der Waals surface area contributed by atoms with Crippen LogP contribution in [0.2, 0.25) is 0 Å². The van der Waals surface area contributed by atoms with Crippen molar-refractivity contribution in [3.05, 3.63) is 36.2 Å². The standard InChI is InChI=1S/C12H14N4O2S/c1-16-8-10(7-14-16)15-19(17,18)11-3-2-9-4-5-13-12(9)6-11/h2-3,6-8,13,15H,4-5H2,1H3. The Bertz CT molecular complexity index is 721. The molecule has 2 heterocycles. The number of rotatable bonds is 3. The van der Waals surface area contributed by atoms with Crippen LogP contribution in [0.15, 0.2) is 35.5 Å². The first-order valence-electron chi connectivity index (χ1n) is 5.93. The number of hydrogen-bond donors (Lipinski definition) is 2. The molecule has 19 heavy (non-hydrogen) atoms. The molecule has 0 saturated heterocycles. The van der Waals surface area contributed by atoms with E-state index < -0.39 is 10.0 Å². The predicted octanol–water partition coefficient (Wildman–Crippen LogP) is 1.19. The average molecular weight is 278 g/mol. The van der Waals surface area contributed by atoms with Crippen LogP contribution in [0.1, 0.15) is 5.56 Å². The molecule has 6 nitrogen and oxygen atoms in total. The molecule has 0 saturated carbocycles. The predicted molar refractivity (Wildman–Crippen MR) is 72.7 cm³/mol. The van der Waals surface area contributed by atoms with E-state index >= 15 is 0 Å². The molecule has 3 rings (SSSR count). The highest BCUT2D eigenvalue weighted by Gasteiger charge is 2.18. The Kier molecular flexibility index (Phi) is 2.70. The van der Waals surface area contributed by atoms with Crippen LogP contribution in [0.4, 0.5) is 11.4 Å². The van der Waals surface area contributed by atoms with Gasteiger partial charge < -0.3 is 5.32 Å². The maximum Gasteiger partial charge on any atom is 0.262 e. The lowest BCUT2D eigenvalue weighted by Gasteiger charge is -2.07. The largest absolute Gasteiger partial charge is 0.384 e. The Hall–Kier alpha value is -2.02. The smallest absolute Gasteiger partial charge is 0.262 e. The first-order valence-corrected chi connectivity index (χ1v) is 7.41. The number of benzene rings is 1. The van der Waals surface area contributed by atoms with Crippen LogP contribution >= 0.6 is 0 Å². The van der Waals surface area contributed by atoms with Gasteiger partial charge in [0.05, 0.1) is 16.8 Å². The van der Waals surface area contributed by atoms with Gasteiger partial charge in [-0.05, 0) is 24.1 Å². The van der Waals surface area contributed by atoms with Gasteiger partial charge in [-0.2, -0.15) is 5.10 Å². The molecule has 1 aromatic heterocycles. The van der Waals surface area contributed by atoms with Gasteiger partial charge in [0.25, 0.3) is 10.0 Å². The minimum absolute atomic E-state index is 0.254. The van der Waals surface area contributed by atoms with Gasteiger partial charge in [0.15, 0.2) is 0 Å². The Balaban J connectivity index is 1.92. The molecule has 2 aromatic rings. The third-order valence-corrected chi connectivity index (χ3v) is 4.44. The van der Waals surface area contributed by atoms with Crippen LogP contribution in [0.3, 0.4) is 0 Å². The summed E-state index contributed by atoms with van der Waals surface area (Å²) in [7, 11) is -1.83. The zero-order chi connectivity index (χ0) is 13.5. The number of hydrogen-bond acceptors (Lipinski definition) is 4. The summed E-state index contributed by atoms with van der Waals surface area (Å²) in [6.07, 6.45) is 4.03. The molecule has 0 unspecified atom stereocenters. The van der Waals surface area contributed by atoms with Crippen molar-refractivity contribution in [1.29, 1.82) is 0 Å². The fourth-order valence-corrected chi connectivity index (χ4v) is 3.18. The molecular weight excluding hydrogens is 264 g/mol. The highest BCUT2D eigenvalue weighted by molar-refractivity contribution is 7.92. The van der Waals surface area contributed by atoms with Crippen LogP contribution in [0.5, 0.6) is 0 Å². The Labute approximate surface area is 111 Å². The quantitative estimate of drug-likeness (QED) is 0.884. The van der Waals surface area contributed by atoms with E-state index in [0.717, 1.165) is 24.2 Å². The SMILES string of the molecule is Cn1cc(NS(=O)(=O)c2ccc3c(c2)NCC3)cn1. The normalized spacial score (nSPS) is 13.9. The van der Waals surface area contributed by atoms with Gasteiger partial charge in [-0.15, -0.1) is 0 Å². The van der Waals surface area contributed by atoms with Gasteiger partial charge in [0.2, 0.25) is 0 Å². The molecule has 0 fully saturated rings. The minimum Gasteiger partial charge on any atom is -0.384 e. The van der Waals surface area contributed by atoms with Gasteiger partial charge in [-0.1, -0.05) is 6.07 Å². The van der Waals surface area contributed by atoms with Crippen LogP contribution < -0.4 is 10.0 Å². The highest BCUT2D eigenvalue weighted by atomic mass is 32.2. The van der Waals surface area contributed by atoms with Crippen molar-refractivity contribution >= 4 is 21.4 Å². The summed E-state index contributed by atoms with van der Waals surface area (Å²) in [5, 5.41) is 7.10. The summed E-state index contributed by atoms with van der Waals surface area (Å²) in [6, 6.07) is 5.15. The Morgan fingerprint density at radius 3 is 3.00 bits per heavy atom. The van der Waals surface area contributed by atoms with Crippen molar-refractivity contribution in [2.45, 2.75) is 11.3 Å². The van der Waals surface area contributed by atoms with Crippen molar-refractivity contribution in [1.82, 2.24) is 9.78 Å². The van der Waals surface area contributed by atoms with Crippen LogP contribution in [-0.2, 0) is 23.5 Å². The number of fused-ring (bicyclic) bond motifs is 1. The molecule has 0 aliphatic carbocycles. The molecule has 0 amide bonds. The van der Waals surface area contributed by atoms with E-state index in [0.29, 0.717) is 5.69 Å². The van der Waals surface area contributed by atoms with E-state index in [2.05, 4.69) is 15.1 Å². The Morgan fingerprint density at radius 1 is 1.42 bits per heavy atom. The number of nitrogens with zero attached hydrogens (tertiary/aromatic N) is 2. The molecule has 0 radical (unpaired) electrons. The summed E-state index contributed by atoms with van der Waals surface area (Å²) < 4.78 is 28.5. The lowest BCUT2D eigenvalue weighted by molar-refractivity contribution is 0.601. The van der Waals surface area contributed by atoms with E-state index in [4.69, 9.17) is 0 Å². The van der Waals surface area contributed by atoms with Crippen molar-refractivity contribution in [2.75, 3.05) is 16.6 Å². The number of aryl methyl sites for hydroxylation is 1. The maximum absolute atomic E-state index is 12.2. The van der Waals surface area contributed by atoms with Crippen molar-refractivity contribution in [2.24, 2.45) is 7.05 Å². The molecule has 7 heteroatoms. The topological polar surface area (TPSA) is 76.0 Å². The molecule has 0 spiro atoms. The number of anilines is 2. The van der Waals surface area contributed by atoms with Gasteiger partial charge in [-0.3, -0.25) is 9.40 Å². The molecule has 2 N–H and O–H groups in total. The van der Waals surface area contributed by atoms with E-state index in [9.17, 15) is 8.42 Å². The molecule has 1 aromatic carbocycles. The van der Waals surface area contributed by atoms with E-state index in [1.54, 1.807) is 30.1 Å². The summed E-state index contributed by atoms with van der Waals surface area (Å²) in [5.74, 6) is 0. The zero-order valence-corrected chi connectivity index (χ0v) is 11.2. The fourth-order valence-electron chi connectivity index (χ4n) is 2.13. The third-order valence-electron chi connectivity index (χ3n) is 3.06. The lowest BCUT2D eigenvalue weighted by Crippen LogP contribution is -2.12. The van der Waals surface area contributed by atoms with Crippen molar-refractivity contribution in [3.63, 3.8) is 0 Å². The maximum atomic E-state index is 12.2. The van der Waals surface area contributed by atoms with Crippen molar-refractivity contribution in [3.8, 4) is 0 Å². The number of aromatic nitrogens is 2. The molecule has 1 aliphatic heterocycles. The second-order valence-corrected chi connectivity index (χ2v) is 6.19. The van der Waals surface area contributed by atoms with Gasteiger partial charge in [0, 0.05) is 25.5 Å². The van der Waals surface area contributed by atoms with Crippen LogP contribution in [0.25, 0.3) is 0 Å². The second-order valence-electron chi connectivity index (χ2n) is 4.50. The van der Waals surface area contributed by atoms with Gasteiger partial charge in [-0.25, -0.2) is 8.42 Å². The number of nitrogens with one attached hydrogen (secondary N) is 2. The highest BCUT2D eigenvalue weighted by Crippen LogP contribution is 2.26. The fraction of sp³-hybridized carbons (Fsp3) is 0.250. The number of sulfonamides is 1. The third kappa shape index (κ3) is 2.28. The molecular formula is C12H14N4O2S. The van der Waals surface area contributed by atoms with Crippen molar-refractivity contribution < 1.29 is 8.42 Å². The van der Waals surface area contributed by atoms with E-state index in [1.807, 2.05) is 6.07 Å². The lowest BCUT2D eigenvalue weighted by atomic mass is 10.2. The second kappa shape index (κ2) is 4.27. The average Bonchev–Trinajstić information content (AvgIpc) is 2.96. The Morgan fingerprint density at radius 2 is 2.26 bits per heavy atom. The van der Waals surface area contributed by atoms with E-state index in [-0.39, 0.29) is 4.90 Å². The van der Waals surface area contributed by atoms with Gasteiger partial charge >= 0.3 is 0 Å². The molecule has 0 atom stereocenters. The first-order chi connectivity index (χ1) is 9.04.